The lowest BCUT2D eigenvalue weighted by Gasteiger charge is -2.34. The van der Waals surface area contributed by atoms with Gasteiger partial charge in [-0.15, -0.1) is 0 Å². The molecule has 2 amide bonds. The normalized spacial score (nSPS) is 13.7. The molecule has 8 heteroatoms. The third kappa shape index (κ3) is 4.86. The van der Waals surface area contributed by atoms with Crippen LogP contribution >= 0.6 is 11.6 Å². The van der Waals surface area contributed by atoms with Crippen molar-refractivity contribution >= 4 is 29.1 Å². The number of piperazine rings is 1. The molecule has 0 radical (unpaired) electrons. The van der Waals surface area contributed by atoms with Crippen molar-refractivity contribution in [2.45, 2.75) is 0 Å². The SMILES string of the molecule is C=CC(=O)N1CCN(C(=O)CNc2cc(-c3cccc(OC)c3)c(Cl)cc2O)CC1. The maximum atomic E-state index is 12.5. The zero-order chi connectivity index (χ0) is 21.7. The average Bonchev–Trinajstić information content (AvgIpc) is 2.77. The van der Waals surface area contributed by atoms with Gasteiger partial charge in [0.25, 0.3) is 0 Å². The first-order valence-electron chi connectivity index (χ1n) is 9.53. The van der Waals surface area contributed by atoms with Gasteiger partial charge in [0, 0.05) is 37.8 Å². The van der Waals surface area contributed by atoms with Crippen molar-refractivity contribution in [1.29, 1.82) is 0 Å². The molecule has 158 valence electrons. The van der Waals surface area contributed by atoms with Crippen molar-refractivity contribution in [1.82, 2.24) is 9.80 Å². The molecular formula is C22H24ClN3O4. The summed E-state index contributed by atoms with van der Waals surface area (Å²) in [6.45, 7) is 5.37. The number of hydrogen-bond acceptors (Lipinski definition) is 5. The highest BCUT2D eigenvalue weighted by atomic mass is 35.5. The Hall–Kier alpha value is -3.19. The van der Waals surface area contributed by atoms with E-state index in [1.807, 2.05) is 24.3 Å². The molecule has 1 aliphatic heterocycles. The fraction of sp³-hybridized carbons (Fsp3) is 0.273. The van der Waals surface area contributed by atoms with Gasteiger partial charge in [-0.05, 0) is 29.8 Å². The van der Waals surface area contributed by atoms with Gasteiger partial charge >= 0.3 is 0 Å². The Morgan fingerprint density at radius 1 is 1.20 bits per heavy atom. The van der Waals surface area contributed by atoms with Crippen LogP contribution in [-0.2, 0) is 9.59 Å². The molecule has 0 unspecified atom stereocenters. The number of nitrogens with zero attached hydrogens (tertiary/aromatic N) is 2. The van der Waals surface area contributed by atoms with Crippen LogP contribution in [-0.4, -0.2) is 66.6 Å². The lowest BCUT2D eigenvalue weighted by atomic mass is 10.0. The molecule has 2 aromatic rings. The van der Waals surface area contributed by atoms with Crippen LogP contribution in [0.2, 0.25) is 5.02 Å². The van der Waals surface area contributed by atoms with Gasteiger partial charge in [0.15, 0.2) is 0 Å². The molecule has 1 saturated heterocycles. The summed E-state index contributed by atoms with van der Waals surface area (Å²) < 4.78 is 5.26. The number of nitrogens with one attached hydrogen (secondary N) is 1. The smallest absolute Gasteiger partial charge is 0.246 e. The van der Waals surface area contributed by atoms with Crippen LogP contribution in [0.15, 0.2) is 49.1 Å². The van der Waals surface area contributed by atoms with Crippen LogP contribution in [0.5, 0.6) is 11.5 Å². The number of ether oxygens (including phenoxy) is 1. The van der Waals surface area contributed by atoms with Crippen LogP contribution in [0.25, 0.3) is 11.1 Å². The van der Waals surface area contributed by atoms with E-state index in [1.165, 1.54) is 12.1 Å². The van der Waals surface area contributed by atoms with Gasteiger partial charge < -0.3 is 25.0 Å². The van der Waals surface area contributed by atoms with Gasteiger partial charge in [0.05, 0.1) is 24.4 Å². The Bertz CT molecular complexity index is 955. The van der Waals surface area contributed by atoms with E-state index in [-0.39, 0.29) is 24.1 Å². The monoisotopic (exact) mass is 429 g/mol. The lowest BCUT2D eigenvalue weighted by molar-refractivity contribution is -0.135. The molecule has 0 aromatic heterocycles. The van der Waals surface area contributed by atoms with E-state index >= 15 is 0 Å². The molecule has 3 rings (SSSR count). The van der Waals surface area contributed by atoms with Gasteiger partial charge in [-0.25, -0.2) is 0 Å². The van der Waals surface area contributed by atoms with Gasteiger partial charge in [0.1, 0.15) is 11.5 Å². The Labute approximate surface area is 180 Å². The number of halogens is 1. The van der Waals surface area contributed by atoms with Crippen LogP contribution in [0.3, 0.4) is 0 Å². The van der Waals surface area contributed by atoms with Crippen molar-refractivity contribution < 1.29 is 19.4 Å². The second-order valence-corrected chi connectivity index (χ2v) is 7.25. The minimum atomic E-state index is -0.128. The quantitative estimate of drug-likeness (QED) is 0.545. The molecule has 30 heavy (non-hydrogen) atoms. The first-order valence-corrected chi connectivity index (χ1v) is 9.90. The fourth-order valence-corrected chi connectivity index (χ4v) is 3.57. The number of phenols is 1. The Morgan fingerprint density at radius 2 is 1.90 bits per heavy atom. The van der Waals surface area contributed by atoms with Crippen molar-refractivity contribution in [2.75, 3.05) is 45.2 Å². The van der Waals surface area contributed by atoms with E-state index in [2.05, 4.69) is 11.9 Å². The maximum Gasteiger partial charge on any atom is 0.246 e. The molecule has 1 heterocycles. The number of phenolic OH excluding ortho intramolecular Hbond substituents is 1. The number of carbonyl (C=O) groups excluding carboxylic acids is 2. The predicted molar refractivity (Wildman–Crippen MR) is 117 cm³/mol. The number of carbonyl (C=O) groups is 2. The zero-order valence-corrected chi connectivity index (χ0v) is 17.5. The summed E-state index contributed by atoms with van der Waals surface area (Å²) in [6, 6.07) is 10.6. The summed E-state index contributed by atoms with van der Waals surface area (Å²) in [5.41, 5.74) is 1.95. The first-order chi connectivity index (χ1) is 14.4. The van der Waals surface area contributed by atoms with Crippen molar-refractivity contribution in [3.05, 3.63) is 54.1 Å². The molecule has 7 nitrogen and oxygen atoms in total. The number of anilines is 1. The van der Waals surface area contributed by atoms with Crippen molar-refractivity contribution in [3.8, 4) is 22.6 Å². The maximum absolute atomic E-state index is 12.5. The number of aromatic hydroxyl groups is 1. The second kappa shape index (κ2) is 9.54. The van der Waals surface area contributed by atoms with E-state index in [0.29, 0.717) is 48.2 Å². The van der Waals surface area contributed by atoms with Crippen LogP contribution in [0, 0.1) is 0 Å². The molecular weight excluding hydrogens is 406 g/mol. The fourth-order valence-electron chi connectivity index (χ4n) is 3.30. The number of methoxy groups -OCH3 is 1. The van der Waals surface area contributed by atoms with Gasteiger partial charge in [0.2, 0.25) is 11.8 Å². The number of rotatable bonds is 6. The van der Waals surface area contributed by atoms with Gasteiger partial charge in [-0.3, -0.25) is 9.59 Å². The highest BCUT2D eigenvalue weighted by molar-refractivity contribution is 6.33. The molecule has 0 bridgehead atoms. The number of amides is 2. The Morgan fingerprint density at radius 3 is 2.57 bits per heavy atom. The number of benzene rings is 2. The summed E-state index contributed by atoms with van der Waals surface area (Å²) in [5.74, 6) is 0.408. The second-order valence-electron chi connectivity index (χ2n) is 6.84. The van der Waals surface area contributed by atoms with Crippen LogP contribution < -0.4 is 10.1 Å². The van der Waals surface area contributed by atoms with Crippen molar-refractivity contribution in [2.24, 2.45) is 0 Å². The highest BCUT2D eigenvalue weighted by Gasteiger charge is 2.23. The standard InChI is InChI=1S/C22H24ClN3O4/c1-3-21(28)25-7-9-26(10-8-25)22(29)14-24-19-12-17(18(23)13-20(19)27)15-5-4-6-16(11-15)30-2/h3-6,11-13,24,27H,1,7-10,14H2,2H3. The predicted octanol–water partition coefficient (Wildman–Crippen LogP) is 2.99. The van der Waals surface area contributed by atoms with Crippen LogP contribution in [0.1, 0.15) is 0 Å². The Kier molecular flexibility index (Phi) is 6.84. The molecule has 0 saturated carbocycles. The summed E-state index contributed by atoms with van der Waals surface area (Å²) in [4.78, 5) is 27.6. The van der Waals surface area contributed by atoms with E-state index in [1.54, 1.807) is 23.0 Å². The molecule has 0 atom stereocenters. The summed E-state index contributed by atoms with van der Waals surface area (Å²) >= 11 is 6.32. The molecule has 2 N–H and O–H groups in total. The highest BCUT2D eigenvalue weighted by Crippen LogP contribution is 2.37. The number of hydrogen-bond donors (Lipinski definition) is 2. The third-order valence-electron chi connectivity index (χ3n) is 5.01. The molecule has 0 spiro atoms. The molecule has 0 aliphatic carbocycles. The van der Waals surface area contributed by atoms with E-state index in [4.69, 9.17) is 16.3 Å². The first kappa shape index (κ1) is 21.5. The summed E-state index contributed by atoms with van der Waals surface area (Å²) in [6.07, 6.45) is 1.28. The van der Waals surface area contributed by atoms with Crippen LogP contribution in [0.4, 0.5) is 5.69 Å². The largest absolute Gasteiger partial charge is 0.506 e. The average molecular weight is 430 g/mol. The lowest BCUT2D eigenvalue weighted by Crippen LogP contribution is -2.51. The summed E-state index contributed by atoms with van der Waals surface area (Å²) in [5, 5.41) is 13.6. The molecule has 1 fully saturated rings. The van der Waals surface area contributed by atoms with Gasteiger partial charge in [-0.1, -0.05) is 30.3 Å². The molecule has 1 aliphatic rings. The summed E-state index contributed by atoms with van der Waals surface area (Å²) in [7, 11) is 1.59. The van der Waals surface area contributed by atoms with E-state index < -0.39 is 0 Å². The topological polar surface area (TPSA) is 82.1 Å². The minimum Gasteiger partial charge on any atom is -0.506 e. The zero-order valence-electron chi connectivity index (χ0n) is 16.7. The van der Waals surface area contributed by atoms with E-state index in [9.17, 15) is 14.7 Å². The Balaban J connectivity index is 1.67. The van der Waals surface area contributed by atoms with E-state index in [0.717, 1.165) is 5.56 Å². The molecule has 2 aromatic carbocycles. The van der Waals surface area contributed by atoms with Crippen molar-refractivity contribution in [3.63, 3.8) is 0 Å². The minimum absolute atomic E-state index is 0.0160. The third-order valence-corrected chi connectivity index (χ3v) is 5.33. The van der Waals surface area contributed by atoms with Gasteiger partial charge in [-0.2, -0.15) is 0 Å².